The fourth-order valence-electron chi connectivity index (χ4n) is 7.69. The third-order valence-electron chi connectivity index (χ3n) is 10.1. The number of carbonyl (C=O) groups excluding carboxylic acids is 1. The van der Waals surface area contributed by atoms with Gasteiger partial charge in [0, 0.05) is 75.8 Å². The third-order valence-corrected chi connectivity index (χ3v) is 11.3. The molecule has 2 saturated heterocycles. The Hall–Kier alpha value is -4.85. The summed E-state index contributed by atoms with van der Waals surface area (Å²) >= 11 is 8.07. The van der Waals surface area contributed by atoms with E-state index in [1.165, 1.54) is 24.8 Å². The fraction of sp³-hybridized carbons (Fsp3) is 0.316. The Morgan fingerprint density at radius 2 is 1.75 bits per heavy atom. The van der Waals surface area contributed by atoms with Gasteiger partial charge in [-0.05, 0) is 61.4 Å². The highest BCUT2D eigenvalue weighted by Crippen LogP contribution is 2.38. The summed E-state index contributed by atoms with van der Waals surface area (Å²) in [5, 5.41) is 13.7. The van der Waals surface area contributed by atoms with Gasteiger partial charge in [-0.2, -0.15) is 14.1 Å². The first-order valence-corrected chi connectivity index (χ1v) is 18.8. The molecule has 0 spiro atoms. The molecule has 11 nitrogen and oxygen atoms in total. The van der Waals surface area contributed by atoms with Crippen molar-refractivity contribution in [1.29, 1.82) is 0 Å². The highest BCUT2D eigenvalue weighted by molar-refractivity contribution is 7.97. The summed E-state index contributed by atoms with van der Waals surface area (Å²) in [7, 11) is 0. The molecule has 2 atom stereocenters. The number of aromatic nitrogens is 6. The van der Waals surface area contributed by atoms with Crippen LogP contribution in [0.4, 0.5) is 15.9 Å². The molecule has 2 bridgehead atoms. The van der Waals surface area contributed by atoms with Gasteiger partial charge in [0.05, 0.1) is 5.39 Å². The number of nitrogens with one attached hydrogen (secondary N) is 2. The van der Waals surface area contributed by atoms with Crippen molar-refractivity contribution in [3.63, 3.8) is 0 Å². The minimum absolute atomic E-state index is 0.0659. The molecule has 1 saturated carbocycles. The van der Waals surface area contributed by atoms with E-state index in [1.54, 1.807) is 28.7 Å². The first kappa shape index (κ1) is 33.0. The molecule has 2 N–H and O–H groups in total. The summed E-state index contributed by atoms with van der Waals surface area (Å²) < 4.78 is 24.3. The molecule has 2 unspecified atom stereocenters. The number of piperazine rings is 1. The Morgan fingerprint density at radius 3 is 2.54 bits per heavy atom. The Labute approximate surface area is 308 Å². The quantitative estimate of drug-likeness (QED) is 0.155. The fourth-order valence-corrected chi connectivity index (χ4v) is 8.66. The largest absolute Gasteiger partial charge is 0.453 e. The lowest BCUT2D eigenvalue weighted by molar-refractivity contribution is -0.118. The lowest BCUT2D eigenvalue weighted by Gasteiger charge is -2.34. The predicted octanol–water partition coefficient (Wildman–Crippen LogP) is 7.40. The second-order valence-electron chi connectivity index (χ2n) is 13.6. The maximum Gasteiger partial charge on any atom is 0.319 e. The van der Waals surface area contributed by atoms with Gasteiger partial charge in [-0.15, -0.1) is 5.10 Å². The molecule has 3 aromatic carbocycles. The van der Waals surface area contributed by atoms with Crippen LogP contribution in [-0.2, 0) is 4.79 Å². The zero-order chi connectivity index (χ0) is 35.2. The lowest BCUT2D eigenvalue weighted by atomic mass is 10.0. The summed E-state index contributed by atoms with van der Waals surface area (Å²) in [6.07, 6.45) is 10.3. The van der Waals surface area contributed by atoms with E-state index >= 15 is 4.39 Å². The zero-order valence-corrected chi connectivity index (χ0v) is 29.7. The topological polar surface area (TPSA) is 123 Å². The normalized spacial score (nSPS) is 18.8. The molecule has 14 heteroatoms. The smallest absolute Gasteiger partial charge is 0.319 e. The second-order valence-corrected chi connectivity index (χ2v) is 15.1. The highest BCUT2D eigenvalue weighted by Gasteiger charge is 2.34. The molecule has 3 aliphatic rings. The Kier molecular flexibility index (Phi) is 8.85. The Balaban J connectivity index is 0.953. The van der Waals surface area contributed by atoms with Crippen LogP contribution < -0.4 is 20.3 Å². The number of anilines is 2. The van der Waals surface area contributed by atoms with Crippen LogP contribution in [0.5, 0.6) is 6.01 Å². The summed E-state index contributed by atoms with van der Waals surface area (Å²) in [6.45, 7) is 1.05. The number of hydrogen-bond acceptors (Lipinski definition) is 10. The van der Waals surface area contributed by atoms with Gasteiger partial charge >= 0.3 is 6.01 Å². The number of ether oxygens (including phenoxy) is 1. The molecule has 5 heterocycles. The number of halogens is 2. The van der Waals surface area contributed by atoms with Gasteiger partial charge in [0.15, 0.2) is 18.2 Å². The average molecular weight is 736 g/mol. The van der Waals surface area contributed by atoms with Gasteiger partial charge in [-0.25, -0.2) is 9.37 Å². The van der Waals surface area contributed by atoms with Crippen LogP contribution in [0.3, 0.4) is 0 Å². The maximum absolute atomic E-state index is 16.7. The van der Waals surface area contributed by atoms with Gasteiger partial charge in [-0.3, -0.25) is 9.78 Å². The van der Waals surface area contributed by atoms with Crippen LogP contribution in [0.15, 0.2) is 78.1 Å². The molecule has 6 aromatic rings. The molecule has 9 rings (SSSR count). The van der Waals surface area contributed by atoms with E-state index < -0.39 is 11.7 Å². The predicted molar refractivity (Wildman–Crippen MR) is 200 cm³/mol. The summed E-state index contributed by atoms with van der Waals surface area (Å²) in [4.78, 5) is 34.5. The van der Waals surface area contributed by atoms with Crippen LogP contribution in [0, 0.1) is 5.82 Å². The van der Waals surface area contributed by atoms with E-state index in [4.69, 9.17) is 21.3 Å². The van der Waals surface area contributed by atoms with Crippen molar-refractivity contribution >= 4 is 62.6 Å². The molecule has 1 amide bonds. The SMILES string of the molecule is O=C(COc1nc(N2CC3CCC(C2)N3)c2cnc(-c3cccc4cccc(Cl)c34)c(F)c2n1)Nc1ccc(Sn2cnc(C3CCCC3)n2)cc1. The third kappa shape index (κ3) is 6.52. The van der Waals surface area contributed by atoms with Crippen molar-refractivity contribution in [3.8, 4) is 17.3 Å². The Bertz CT molecular complexity index is 2280. The van der Waals surface area contributed by atoms with Crippen LogP contribution in [0.1, 0.15) is 50.3 Å². The van der Waals surface area contributed by atoms with E-state index in [0.29, 0.717) is 64.0 Å². The molecule has 3 aromatic heterocycles. The van der Waals surface area contributed by atoms with Gasteiger partial charge in [0.2, 0.25) is 0 Å². The average Bonchev–Trinajstić information content (AvgIpc) is 3.93. The monoisotopic (exact) mass is 735 g/mol. The van der Waals surface area contributed by atoms with E-state index in [9.17, 15) is 4.79 Å². The van der Waals surface area contributed by atoms with Crippen molar-refractivity contribution in [2.45, 2.75) is 61.4 Å². The number of benzene rings is 3. The minimum Gasteiger partial charge on any atom is -0.453 e. The lowest BCUT2D eigenvalue weighted by Crippen LogP contribution is -2.51. The van der Waals surface area contributed by atoms with Crippen molar-refractivity contribution < 1.29 is 13.9 Å². The molecule has 52 heavy (non-hydrogen) atoms. The number of hydrogen-bond donors (Lipinski definition) is 2. The van der Waals surface area contributed by atoms with E-state index in [0.717, 1.165) is 41.8 Å². The maximum atomic E-state index is 16.7. The summed E-state index contributed by atoms with van der Waals surface area (Å²) in [5.74, 6) is 0.882. The van der Waals surface area contributed by atoms with Crippen LogP contribution in [0.25, 0.3) is 32.9 Å². The number of fused-ring (bicyclic) bond motifs is 4. The number of rotatable bonds is 9. The second kappa shape index (κ2) is 13.9. The molecule has 2 aliphatic heterocycles. The number of amides is 1. The molecule has 3 fully saturated rings. The number of nitrogens with zero attached hydrogens (tertiary/aromatic N) is 7. The molecular formula is C38H35ClFN9O2S. The van der Waals surface area contributed by atoms with E-state index in [-0.39, 0.29) is 23.8 Å². The Morgan fingerprint density at radius 1 is 0.981 bits per heavy atom. The van der Waals surface area contributed by atoms with E-state index in [1.807, 2.05) is 48.5 Å². The van der Waals surface area contributed by atoms with Crippen molar-refractivity contribution in [3.05, 3.63) is 89.9 Å². The number of pyridine rings is 1. The van der Waals surface area contributed by atoms with Crippen LogP contribution in [0.2, 0.25) is 5.02 Å². The zero-order valence-electron chi connectivity index (χ0n) is 28.1. The summed E-state index contributed by atoms with van der Waals surface area (Å²) in [6, 6.07) is 19.1. The number of carbonyl (C=O) groups is 1. The first-order chi connectivity index (χ1) is 25.4. The van der Waals surface area contributed by atoms with Crippen LogP contribution >= 0.6 is 23.5 Å². The van der Waals surface area contributed by atoms with Gasteiger partial charge < -0.3 is 20.3 Å². The standard InChI is InChI=1S/C38H35ClFN9O2S/c39-30-10-4-8-22-7-3-9-28(32(22)30)34-33(40)35-29(17-41-34)37(48-18-25-11-12-26(19-48)43-25)46-38(45-35)51-20-31(50)44-24-13-15-27(16-14-24)52-49-21-42-36(47-49)23-5-1-2-6-23/h3-4,7-10,13-17,21,23,25-26,43H,1-2,5-6,11-12,18-20H2,(H,44,50). The first-order valence-electron chi connectivity index (χ1n) is 17.6. The molecule has 0 radical (unpaired) electrons. The van der Waals surface area contributed by atoms with E-state index in [2.05, 4.69) is 35.6 Å². The minimum atomic E-state index is -0.611. The summed E-state index contributed by atoms with van der Waals surface area (Å²) in [5.41, 5.74) is 1.36. The van der Waals surface area contributed by atoms with Gasteiger partial charge in [-0.1, -0.05) is 54.8 Å². The highest BCUT2D eigenvalue weighted by atomic mass is 35.5. The molecule has 264 valence electrons. The van der Waals surface area contributed by atoms with Crippen LogP contribution in [-0.4, -0.2) is 66.8 Å². The van der Waals surface area contributed by atoms with Crippen molar-refractivity contribution in [1.82, 2.24) is 34.4 Å². The molecule has 1 aliphatic carbocycles. The van der Waals surface area contributed by atoms with Crippen molar-refractivity contribution in [2.75, 3.05) is 29.9 Å². The van der Waals surface area contributed by atoms with Gasteiger partial charge in [0.1, 0.15) is 23.4 Å². The van der Waals surface area contributed by atoms with Crippen molar-refractivity contribution in [2.24, 2.45) is 0 Å². The molecular weight excluding hydrogens is 701 g/mol. The van der Waals surface area contributed by atoms with Gasteiger partial charge in [0.25, 0.3) is 5.91 Å².